The lowest BCUT2D eigenvalue weighted by Gasteiger charge is -2.13. The molecule has 0 fully saturated rings. The van der Waals surface area contributed by atoms with Gasteiger partial charge in [0.2, 0.25) is 5.91 Å². The fourth-order valence-electron chi connectivity index (χ4n) is 1.83. The van der Waals surface area contributed by atoms with Gasteiger partial charge >= 0.3 is 0 Å². The maximum absolute atomic E-state index is 11.2. The van der Waals surface area contributed by atoms with Crippen LogP contribution in [0.15, 0.2) is 46.9 Å². The van der Waals surface area contributed by atoms with Gasteiger partial charge in [-0.2, -0.15) is 0 Å². The van der Waals surface area contributed by atoms with E-state index in [-0.39, 0.29) is 5.91 Å². The maximum atomic E-state index is 11.2. The summed E-state index contributed by atoms with van der Waals surface area (Å²) in [6.45, 7) is 3.93. The van der Waals surface area contributed by atoms with Gasteiger partial charge in [0.1, 0.15) is 12.4 Å². The third-order valence-corrected chi connectivity index (χ3v) is 3.22. The number of carbonyl (C=O) groups is 1. The first-order valence-electron chi connectivity index (χ1n) is 6.30. The van der Waals surface area contributed by atoms with Crippen molar-refractivity contribution in [2.24, 2.45) is 0 Å². The molecule has 104 valence electrons. The summed E-state index contributed by atoms with van der Waals surface area (Å²) >= 11 is 3.43. The highest BCUT2D eigenvalue weighted by atomic mass is 79.9. The van der Waals surface area contributed by atoms with Gasteiger partial charge in [0.05, 0.1) is 5.69 Å². The molecule has 2 aromatic rings. The number of rotatable bonds is 4. The minimum absolute atomic E-state index is 0.110. The highest BCUT2D eigenvalue weighted by molar-refractivity contribution is 9.10. The van der Waals surface area contributed by atoms with Crippen LogP contribution in [0, 0.1) is 6.92 Å². The van der Waals surface area contributed by atoms with Crippen LogP contribution in [-0.2, 0) is 11.4 Å². The topological polar surface area (TPSA) is 38.3 Å². The second-order valence-corrected chi connectivity index (χ2v) is 5.52. The molecule has 0 radical (unpaired) electrons. The number of aryl methyl sites for hydroxylation is 1. The summed E-state index contributed by atoms with van der Waals surface area (Å²) in [7, 11) is 0. The average Bonchev–Trinajstić information content (AvgIpc) is 2.39. The number of halogens is 1. The monoisotopic (exact) mass is 333 g/mol. The number of carbonyl (C=O) groups excluding carboxylic acids is 1. The van der Waals surface area contributed by atoms with Gasteiger partial charge in [-0.15, -0.1) is 0 Å². The summed E-state index contributed by atoms with van der Waals surface area (Å²) in [5.41, 5.74) is 2.84. The second-order valence-electron chi connectivity index (χ2n) is 4.60. The van der Waals surface area contributed by atoms with Crippen LogP contribution < -0.4 is 10.1 Å². The SMILES string of the molecule is CC(=O)Nc1ccc(C)cc1OCc1cccc(Br)c1. The number of amides is 1. The number of hydrogen-bond acceptors (Lipinski definition) is 2. The summed E-state index contributed by atoms with van der Waals surface area (Å²) in [4.78, 5) is 11.2. The molecular formula is C16H16BrNO2. The molecule has 4 heteroatoms. The summed E-state index contributed by atoms with van der Waals surface area (Å²) in [5.74, 6) is 0.571. The lowest BCUT2D eigenvalue weighted by atomic mass is 10.2. The first-order valence-corrected chi connectivity index (χ1v) is 7.09. The van der Waals surface area contributed by atoms with Gasteiger partial charge in [0, 0.05) is 11.4 Å². The summed E-state index contributed by atoms with van der Waals surface area (Å²) in [5, 5.41) is 2.78. The minimum Gasteiger partial charge on any atom is -0.487 e. The average molecular weight is 334 g/mol. The van der Waals surface area contributed by atoms with Crippen LogP contribution in [0.1, 0.15) is 18.1 Å². The van der Waals surface area contributed by atoms with E-state index in [2.05, 4.69) is 21.2 Å². The molecule has 0 spiro atoms. The van der Waals surface area contributed by atoms with Gasteiger partial charge in [-0.05, 0) is 42.3 Å². The van der Waals surface area contributed by atoms with E-state index in [0.717, 1.165) is 15.6 Å². The molecule has 0 saturated heterocycles. The zero-order valence-electron chi connectivity index (χ0n) is 11.4. The van der Waals surface area contributed by atoms with Gasteiger partial charge in [-0.3, -0.25) is 4.79 Å². The largest absolute Gasteiger partial charge is 0.487 e. The molecule has 0 unspecified atom stereocenters. The maximum Gasteiger partial charge on any atom is 0.221 e. The van der Waals surface area contributed by atoms with Crippen LogP contribution >= 0.6 is 15.9 Å². The Balaban J connectivity index is 2.15. The number of nitrogens with one attached hydrogen (secondary N) is 1. The minimum atomic E-state index is -0.110. The summed E-state index contributed by atoms with van der Waals surface area (Å²) < 4.78 is 6.84. The molecule has 1 N–H and O–H groups in total. The van der Waals surface area contributed by atoms with Crippen molar-refractivity contribution < 1.29 is 9.53 Å². The van der Waals surface area contributed by atoms with E-state index in [1.807, 2.05) is 49.4 Å². The van der Waals surface area contributed by atoms with Crippen LogP contribution in [0.4, 0.5) is 5.69 Å². The van der Waals surface area contributed by atoms with E-state index in [1.54, 1.807) is 0 Å². The van der Waals surface area contributed by atoms with Crippen molar-refractivity contribution in [3.8, 4) is 5.75 Å². The molecular weight excluding hydrogens is 318 g/mol. The Kier molecular flexibility index (Phi) is 4.79. The van der Waals surface area contributed by atoms with Gasteiger partial charge in [-0.25, -0.2) is 0 Å². The molecule has 0 aliphatic carbocycles. The van der Waals surface area contributed by atoms with E-state index >= 15 is 0 Å². The molecule has 3 nitrogen and oxygen atoms in total. The predicted molar refractivity (Wildman–Crippen MR) is 84.0 cm³/mol. The fourth-order valence-corrected chi connectivity index (χ4v) is 2.28. The molecule has 0 bridgehead atoms. The van der Waals surface area contributed by atoms with E-state index in [4.69, 9.17) is 4.74 Å². The van der Waals surface area contributed by atoms with Crippen molar-refractivity contribution in [1.82, 2.24) is 0 Å². The normalized spacial score (nSPS) is 10.2. The van der Waals surface area contributed by atoms with Crippen LogP contribution in [0.5, 0.6) is 5.75 Å². The molecule has 20 heavy (non-hydrogen) atoms. The summed E-state index contributed by atoms with van der Waals surface area (Å²) in [6.07, 6.45) is 0. The second kappa shape index (κ2) is 6.57. The molecule has 0 saturated carbocycles. The standard InChI is InChI=1S/C16H16BrNO2/c1-11-6-7-15(18-12(2)19)16(8-11)20-10-13-4-3-5-14(17)9-13/h3-9H,10H2,1-2H3,(H,18,19). The van der Waals surface area contributed by atoms with Crippen LogP contribution in [0.25, 0.3) is 0 Å². The van der Waals surface area contributed by atoms with E-state index in [9.17, 15) is 4.79 Å². The van der Waals surface area contributed by atoms with Crippen molar-refractivity contribution in [2.75, 3.05) is 5.32 Å². The molecule has 0 heterocycles. The fraction of sp³-hybridized carbons (Fsp3) is 0.188. The van der Waals surface area contributed by atoms with Gasteiger partial charge in [0.15, 0.2) is 0 Å². The third kappa shape index (κ3) is 4.10. The summed E-state index contributed by atoms with van der Waals surface area (Å²) in [6, 6.07) is 13.7. The molecule has 2 aromatic carbocycles. The first-order chi connectivity index (χ1) is 9.54. The lowest BCUT2D eigenvalue weighted by molar-refractivity contribution is -0.114. The molecule has 2 rings (SSSR count). The Morgan fingerprint density at radius 2 is 2.05 bits per heavy atom. The van der Waals surface area contributed by atoms with Crippen molar-refractivity contribution >= 4 is 27.5 Å². The molecule has 1 amide bonds. The number of benzene rings is 2. The highest BCUT2D eigenvalue weighted by Gasteiger charge is 2.06. The van der Waals surface area contributed by atoms with Gasteiger partial charge in [0.25, 0.3) is 0 Å². The molecule has 0 aromatic heterocycles. The van der Waals surface area contributed by atoms with Crippen LogP contribution in [0.3, 0.4) is 0 Å². The van der Waals surface area contributed by atoms with Crippen molar-refractivity contribution in [3.63, 3.8) is 0 Å². The zero-order valence-corrected chi connectivity index (χ0v) is 13.0. The molecule has 0 aliphatic heterocycles. The van der Waals surface area contributed by atoms with Crippen LogP contribution in [-0.4, -0.2) is 5.91 Å². The van der Waals surface area contributed by atoms with Crippen molar-refractivity contribution in [2.45, 2.75) is 20.5 Å². The highest BCUT2D eigenvalue weighted by Crippen LogP contribution is 2.27. The van der Waals surface area contributed by atoms with Gasteiger partial charge in [-0.1, -0.05) is 34.1 Å². The van der Waals surface area contributed by atoms with E-state index in [0.29, 0.717) is 18.0 Å². The van der Waals surface area contributed by atoms with E-state index < -0.39 is 0 Å². The Bertz CT molecular complexity index is 626. The van der Waals surface area contributed by atoms with Crippen LogP contribution in [0.2, 0.25) is 0 Å². The zero-order chi connectivity index (χ0) is 14.5. The third-order valence-electron chi connectivity index (χ3n) is 2.73. The van der Waals surface area contributed by atoms with Crippen molar-refractivity contribution in [1.29, 1.82) is 0 Å². The Hall–Kier alpha value is -1.81. The number of anilines is 1. The number of ether oxygens (including phenoxy) is 1. The van der Waals surface area contributed by atoms with E-state index in [1.165, 1.54) is 6.92 Å². The molecule has 0 atom stereocenters. The Labute approximate surface area is 127 Å². The Morgan fingerprint density at radius 3 is 2.75 bits per heavy atom. The predicted octanol–water partition coefficient (Wildman–Crippen LogP) is 4.29. The first kappa shape index (κ1) is 14.6. The van der Waals surface area contributed by atoms with Crippen molar-refractivity contribution in [3.05, 3.63) is 58.1 Å². The lowest BCUT2D eigenvalue weighted by Crippen LogP contribution is -2.08. The van der Waals surface area contributed by atoms with Gasteiger partial charge < -0.3 is 10.1 Å². The smallest absolute Gasteiger partial charge is 0.221 e. The Morgan fingerprint density at radius 1 is 1.25 bits per heavy atom. The quantitative estimate of drug-likeness (QED) is 0.906. The number of hydrogen-bond donors (Lipinski definition) is 1. The molecule has 0 aliphatic rings.